The highest BCUT2D eigenvalue weighted by Crippen LogP contribution is 2.22. The van der Waals surface area contributed by atoms with Crippen molar-refractivity contribution in [3.63, 3.8) is 0 Å². The Kier molecular flexibility index (Phi) is 8.02. The van der Waals surface area contributed by atoms with E-state index in [1.54, 1.807) is 0 Å². The highest BCUT2D eigenvalue weighted by Gasteiger charge is 2.30. The van der Waals surface area contributed by atoms with Crippen molar-refractivity contribution >= 4 is 70.3 Å². The zero-order valence-corrected chi connectivity index (χ0v) is 20.9. The first-order chi connectivity index (χ1) is 13.6. The van der Waals surface area contributed by atoms with Crippen LogP contribution in [-0.4, -0.2) is 6.15 Å². The third kappa shape index (κ3) is 5.01. The molecule has 0 aromatic heterocycles. The van der Waals surface area contributed by atoms with Crippen LogP contribution in [0.25, 0.3) is 0 Å². The molecule has 0 N–H and O–H groups in total. The van der Waals surface area contributed by atoms with E-state index in [1.165, 1.54) is 42.1 Å². The lowest BCUT2D eigenvalue weighted by Gasteiger charge is -2.43. The van der Waals surface area contributed by atoms with Crippen LogP contribution in [0.1, 0.15) is 32.6 Å². The molecular weight excluding hydrogens is 539 g/mol. The summed E-state index contributed by atoms with van der Waals surface area (Å²) < 4.78 is 3.40. The molecule has 0 aliphatic heterocycles. The molecular formula is C24H25BBr3-. The SMILES string of the molecule is CCCCCC[B-](c1cccc(Br)c1)(c1cccc(Br)c1)c1cccc(Br)c1. The molecule has 0 amide bonds. The summed E-state index contributed by atoms with van der Waals surface area (Å²) in [5.74, 6) is 0. The van der Waals surface area contributed by atoms with E-state index in [1.807, 2.05) is 0 Å². The normalized spacial score (nSPS) is 11.6. The Bertz CT molecular complexity index is 812. The fraction of sp³-hybridized carbons (Fsp3) is 0.250. The van der Waals surface area contributed by atoms with Crippen LogP contribution in [-0.2, 0) is 0 Å². The molecule has 0 heterocycles. The summed E-state index contributed by atoms with van der Waals surface area (Å²) >= 11 is 11.1. The molecule has 0 spiro atoms. The van der Waals surface area contributed by atoms with E-state index >= 15 is 0 Å². The highest BCUT2D eigenvalue weighted by molar-refractivity contribution is 9.11. The molecule has 0 radical (unpaired) electrons. The molecule has 0 nitrogen and oxygen atoms in total. The summed E-state index contributed by atoms with van der Waals surface area (Å²) in [4.78, 5) is 0. The van der Waals surface area contributed by atoms with Crippen molar-refractivity contribution in [1.29, 1.82) is 0 Å². The summed E-state index contributed by atoms with van der Waals surface area (Å²) in [6, 6.07) is 26.7. The number of benzene rings is 3. The predicted octanol–water partition coefficient (Wildman–Crippen LogP) is 7.02. The van der Waals surface area contributed by atoms with Crippen LogP contribution >= 0.6 is 47.8 Å². The average Bonchev–Trinajstić information content (AvgIpc) is 2.68. The fourth-order valence-electron chi connectivity index (χ4n) is 4.39. The summed E-state index contributed by atoms with van der Waals surface area (Å²) in [5, 5.41) is 0. The molecule has 0 aliphatic carbocycles. The van der Waals surface area contributed by atoms with E-state index in [-0.39, 0.29) is 0 Å². The zero-order valence-electron chi connectivity index (χ0n) is 16.2. The molecule has 0 saturated carbocycles. The van der Waals surface area contributed by atoms with Gasteiger partial charge in [0.15, 0.2) is 0 Å². The maximum Gasteiger partial charge on any atom is 0.0816 e. The third-order valence-electron chi connectivity index (χ3n) is 5.74. The summed E-state index contributed by atoms with van der Waals surface area (Å²) in [6.45, 7) is 2.27. The van der Waals surface area contributed by atoms with Crippen LogP contribution in [0.2, 0.25) is 6.32 Å². The average molecular weight is 564 g/mol. The summed E-state index contributed by atoms with van der Waals surface area (Å²) in [7, 11) is 0. The van der Waals surface area contributed by atoms with E-state index in [2.05, 4.69) is 128 Å². The Morgan fingerprint density at radius 1 is 0.607 bits per heavy atom. The zero-order chi connectivity index (χ0) is 20.0. The van der Waals surface area contributed by atoms with Crippen molar-refractivity contribution < 1.29 is 0 Å². The van der Waals surface area contributed by atoms with Gasteiger partial charge in [0.2, 0.25) is 0 Å². The molecule has 28 heavy (non-hydrogen) atoms. The van der Waals surface area contributed by atoms with Crippen LogP contribution in [0.5, 0.6) is 0 Å². The monoisotopic (exact) mass is 561 g/mol. The third-order valence-corrected chi connectivity index (χ3v) is 7.22. The van der Waals surface area contributed by atoms with Gasteiger partial charge in [0.1, 0.15) is 0 Å². The van der Waals surface area contributed by atoms with Crippen molar-refractivity contribution in [3.8, 4) is 0 Å². The molecule has 0 fully saturated rings. The van der Waals surface area contributed by atoms with E-state index in [0.29, 0.717) is 0 Å². The van der Waals surface area contributed by atoms with Crippen LogP contribution in [0, 0.1) is 0 Å². The van der Waals surface area contributed by atoms with Crippen LogP contribution in [0.3, 0.4) is 0 Å². The lowest BCUT2D eigenvalue weighted by atomic mass is 9.14. The molecule has 0 atom stereocenters. The minimum absolute atomic E-state index is 1.08. The van der Waals surface area contributed by atoms with Crippen molar-refractivity contribution in [2.24, 2.45) is 0 Å². The lowest BCUT2D eigenvalue weighted by Crippen LogP contribution is -2.67. The minimum atomic E-state index is -1.08. The first kappa shape index (κ1) is 21.9. The van der Waals surface area contributed by atoms with Gasteiger partial charge in [-0.25, -0.2) is 0 Å². The van der Waals surface area contributed by atoms with E-state index in [9.17, 15) is 0 Å². The second-order valence-corrected chi connectivity index (χ2v) is 10.3. The molecule has 3 aromatic carbocycles. The van der Waals surface area contributed by atoms with E-state index in [0.717, 1.165) is 19.7 Å². The minimum Gasteiger partial charge on any atom is -0.199 e. The fourth-order valence-corrected chi connectivity index (χ4v) is 5.64. The first-order valence-corrected chi connectivity index (χ1v) is 12.4. The van der Waals surface area contributed by atoms with Crippen molar-refractivity contribution in [2.45, 2.75) is 38.9 Å². The second kappa shape index (κ2) is 10.3. The van der Waals surface area contributed by atoms with Crippen molar-refractivity contribution in [2.75, 3.05) is 0 Å². The second-order valence-electron chi connectivity index (χ2n) is 7.56. The van der Waals surface area contributed by atoms with Gasteiger partial charge in [0.05, 0.1) is 6.15 Å². The molecule has 3 rings (SSSR count). The molecule has 4 heteroatoms. The number of hydrogen-bond donors (Lipinski definition) is 0. The summed E-state index contributed by atoms with van der Waals surface area (Å²) in [6.07, 6.45) is 5.11. The maximum atomic E-state index is 3.71. The van der Waals surface area contributed by atoms with Crippen LogP contribution in [0.4, 0.5) is 0 Å². The Labute approximate surface area is 194 Å². The van der Waals surface area contributed by atoms with Gasteiger partial charge in [-0.3, -0.25) is 0 Å². The van der Waals surface area contributed by atoms with Gasteiger partial charge in [0, 0.05) is 13.4 Å². The molecule has 3 aromatic rings. The highest BCUT2D eigenvalue weighted by atomic mass is 79.9. The van der Waals surface area contributed by atoms with Gasteiger partial charge in [-0.15, -0.1) is 0 Å². The van der Waals surface area contributed by atoms with Crippen molar-refractivity contribution in [1.82, 2.24) is 0 Å². The predicted molar refractivity (Wildman–Crippen MR) is 136 cm³/mol. The lowest BCUT2D eigenvalue weighted by molar-refractivity contribution is 0.698. The Morgan fingerprint density at radius 2 is 1.04 bits per heavy atom. The first-order valence-electron chi connectivity index (χ1n) is 10.0. The van der Waals surface area contributed by atoms with Gasteiger partial charge in [-0.2, -0.15) is 22.7 Å². The largest absolute Gasteiger partial charge is 0.199 e. The van der Waals surface area contributed by atoms with E-state index in [4.69, 9.17) is 0 Å². The van der Waals surface area contributed by atoms with Gasteiger partial charge in [-0.1, -0.05) is 135 Å². The van der Waals surface area contributed by atoms with Gasteiger partial charge < -0.3 is 0 Å². The van der Waals surface area contributed by atoms with Crippen LogP contribution in [0.15, 0.2) is 86.2 Å². The smallest absolute Gasteiger partial charge is 0.0816 e. The number of hydrogen-bond acceptors (Lipinski definition) is 0. The Hall–Kier alpha value is -0.835. The number of unbranched alkanes of at least 4 members (excludes halogenated alkanes) is 3. The molecule has 0 aliphatic rings. The molecule has 0 saturated heterocycles. The number of rotatable bonds is 8. The van der Waals surface area contributed by atoms with E-state index < -0.39 is 6.15 Å². The van der Waals surface area contributed by atoms with Gasteiger partial charge >= 0.3 is 0 Å². The quantitative estimate of drug-likeness (QED) is 0.204. The van der Waals surface area contributed by atoms with Gasteiger partial charge in [0.25, 0.3) is 0 Å². The Morgan fingerprint density at radius 3 is 1.39 bits per heavy atom. The topological polar surface area (TPSA) is 0 Å². The number of halogens is 3. The summed E-state index contributed by atoms with van der Waals surface area (Å²) in [5.41, 5.74) is 4.17. The van der Waals surface area contributed by atoms with Crippen molar-refractivity contribution in [3.05, 3.63) is 86.2 Å². The maximum absolute atomic E-state index is 3.71. The molecule has 0 unspecified atom stereocenters. The molecule has 146 valence electrons. The Balaban J connectivity index is 2.24. The standard InChI is InChI=1S/C24H25BBr3/c1-2-3-4-5-15-25(19-9-6-12-22(26)16-19,20-10-7-13-23(27)17-20)21-11-8-14-24(28)18-21/h6-14,16-18H,2-5,15H2,1H3/q-1. The van der Waals surface area contributed by atoms with Crippen LogP contribution < -0.4 is 16.4 Å². The van der Waals surface area contributed by atoms with Gasteiger partial charge in [-0.05, 0) is 18.2 Å². The molecule has 0 bridgehead atoms.